The normalized spacial score (nSPS) is 8.83. The second-order valence-electron chi connectivity index (χ2n) is 2.64. The Morgan fingerprint density at radius 2 is 2.25 bits per heavy atom. The highest BCUT2D eigenvalue weighted by molar-refractivity contribution is 5.36. The van der Waals surface area contributed by atoms with Crippen LogP contribution in [0.3, 0.4) is 0 Å². The zero-order valence-electron chi connectivity index (χ0n) is 7.17. The predicted octanol–water partition coefficient (Wildman–Crippen LogP) is 1.73. The van der Waals surface area contributed by atoms with E-state index in [9.17, 15) is 0 Å². The second kappa shape index (κ2) is 4.58. The van der Waals surface area contributed by atoms with E-state index in [0.29, 0.717) is 6.42 Å². The minimum Gasteiger partial charge on any atom is -0.395 e. The first-order valence-corrected chi connectivity index (χ1v) is 3.99. The fraction of sp³-hybridized carbons (Fsp3) is 0.273. The maximum absolute atomic E-state index is 8.50. The van der Waals surface area contributed by atoms with Gasteiger partial charge in [0.25, 0.3) is 0 Å². The third kappa shape index (κ3) is 2.77. The van der Waals surface area contributed by atoms with Gasteiger partial charge in [0.15, 0.2) is 0 Å². The van der Waals surface area contributed by atoms with Gasteiger partial charge >= 0.3 is 0 Å². The summed E-state index contributed by atoms with van der Waals surface area (Å²) in [4.78, 5) is 0. The molecule has 1 N–H and O–H groups in total. The number of aryl methyl sites for hydroxylation is 1. The molecule has 0 atom stereocenters. The molecule has 0 heterocycles. The molecule has 0 fully saturated rings. The van der Waals surface area contributed by atoms with E-state index in [1.807, 2.05) is 31.2 Å². The number of aliphatic hydroxyl groups is 1. The van der Waals surface area contributed by atoms with E-state index in [0.717, 1.165) is 5.56 Å². The summed E-state index contributed by atoms with van der Waals surface area (Å²) in [6.07, 6.45) is 0.550. The van der Waals surface area contributed by atoms with E-state index in [-0.39, 0.29) is 6.61 Å². The summed E-state index contributed by atoms with van der Waals surface area (Å²) in [6.45, 7) is 2.18. The van der Waals surface area contributed by atoms with Gasteiger partial charge in [-0.1, -0.05) is 24.0 Å². The van der Waals surface area contributed by atoms with Crippen LogP contribution in [-0.2, 0) is 0 Å². The van der Waals surface area contributed by atoms with Crippen LogP contribution in [0.4, 0.5) is 0 Å². The molecule has 0 saturated heterocycles. The topological polar surface area (TPSA) is 20.2 Å². The van der Waals surface area contributed by atoms with Crippen LogP contribution >= 0.6 is 0 Å². The second-order valence-corrected chi connectivity index (χ2v) is 2.64. The summed E-state index contributed by atoms with van der Waals surface area (Å²) < 4.78 is 0. The van der Waals surface area contributed by atoms with Crippen molar-refractivity contribution in [3.05, 3.63) is 35.4 Å². The largest absolute Gasteiger partial charge is 0.395 e. The first kappa shape index (κ1) is 8.83. The molecule has 0 saturated carbocycles. The van der Waals surface area contributed by atoms with Crippen LogP contribution in [-0.4, -0.2) is 11.7 Å². The Morgan fingerprint density at radius 3 is 2.92 bits per heavy atom. The van der Waals surface area contributed by atoms with Gasteiger partial charge in [-0.25, -0.2) is 0 Å². The van der Waals surface area contributed by atoms with Crippen LogP contribution in [0.15, 0.2) is 24.3 Å². The number of hydrogen-bond acceptors (Lipinski definition) is 1. The van der Waals surface area contributed by atoms with Gasteiger partial charge in [0.1, 0.15) is 0 Å². The van der Waals surface area contributed by atoms with Gasteiger partial charge in [0.05, 0.1) is 6.61 Å². The molecule has 0 aliphatic heterocycles. The van der Waals surface area contributed by atoms with Gasteiger partial charge in [-0.2, -0.15) is 0 Å². The van der Waals surface area contributed by atoms with Crippen molar-refractivity contribution in [3.8, 4) is 11.8 Å². The molecule has 1 nitrogen and oxygen atoms in total. The summed E-state index contributed by atoms with van der Waals surface area (Å²) in [5.74, 6) is 5.85. The molecule has 1 aromatic rings. The van der Waals surface area contributed by atoms with E-state index in [4.69, 9.17) is 5.11 Å². The van der Waals surface area contributed by atoms with Crippen molar-refractivity contribution in [3.63, 3.8) is 0 Å². The molecule has 0 spiro atoms. The van der Waals surface area contributed by atoms with Crippen LogP contribution in [0.1, 0.15) is 17.5 Å². The zero-order chi connectivity index (χ0) is 8.81. The average Bonchev–Trinajstić information content (AvgIpc) is 2.05. The molecule has 0 aliphatic carbocycles. The van der Waals surface area contributed by atoms with Crippen molar-refractivity contribution in [2.24, 2.45) is 0 Å². The highest BCUT2D eigenvalue weighted by Gasteiger charge is 1.85. The van der Waals surface area contributed by atoms with Gasteiger partial charge in [-0.3, -0.25) is 0 Å². The van der Waals surface area contributed by atoms with Crippen molar-refractivity contribution >= 4 is 0 Å². The van der Waals surface area contributed by atoms with E-state index in [2.05, 4.69) is 11.8 Å². The Hall–Kier alpha value is -1.26. The zero-order valence-corrected chi connectivity index (χ0v) is 7.17. The molecule has 62 valence electrons. The Morgan fingerprint density at radius 1 is 1.42 bits per heavy atom. The van der Waals surface area contributed by atoms with E-state index in [1.165, 1.54) is 5.56 Å². The number of benzene rings is 1. The Bertz CT molecular complexity index is 304. The Kier molecular flexibility index (Phi) is 3.37. The van der Waals surface area contributed by atoms with Crippen molar-refractivity contribution < 1.29 is 5.11 Å². The lowest BCUT2D eigenvalue weighted by Crippen LogP contribution is -1.78. The summed E-state index contributed by atoms with van der Waals surface area (Å²) in [6, 6.07) is 8.03. The van der Waals surface area contributed by atoms with Crippen molar-refractivity contribution in [2.45, 2.75) is 13.3 Å². The standard InChI is InChI=1S/C11H12O/c1-10-5-4-7-11(9-10)6-2-3-8-12/h4-5,7,9,12H,3,8H2,1H3. The molecule has 1 heteroatoms. The quantitative estimate of drug-likeness (QED) is 0.620. The molecular formula is C11H12O. The molecule has 0 radical (unpaired) electrons. The number of rotatable bonds is 1. The molecule has 1 aromatic carbocycles. The average molecular weight is 160 g/mol. The maximum atomic E-state index is 8.50. The molecule has 0 bridgehead atoms. The minimum atomic E-state index is 0.138. The van der Waals surface area contributed by atoms with Gasteiger partial charge in [-0.05, 0) is 24.6 Å². The van der Waals surface area contributed by atoms with Gasteiger partial charge in [0, 0.05) is 12.0 Å². The molecule has 0 amide bonds. The molecule has 0 unspecified atom stereocenters. The molecule has 0 aliphatic rings. The molecule has 0 aromatic heterocycles. The van der Waals surface area contributed by atoms with E-state index >= 15 is 0 Å². The summed E-state index contributed by atoms with van der Waals surface area (Å²) in [7, 11) is 0. The predicted molar refractivity (Wildman–Crippen MR) is 49.8 cm³/mol. The van der Waals surface area contributed by atoms with Crippen molar-refractivity contribution in [1.82, 2.24) is 0 Å². The fourth-order valence-corrected chi connectivity index (χ4v) is 0.943. The Labute approximate surface area is 73.0 Å². The SMILES string of the molecule is Cc1cccc(C#CCCO)c1. The highest BCUT2D eigenvalue weighted by Crippen LogP contribution is 2.01. The van der Waals surface area contributed by atoms with Crippen molar-refractivity contribution in [1.29, 1.82) is 0 Å². The molecular weight excluding hydrogens is 148 g/mol. The fourth-order valence-electron chi connectivity index (χ4n) is 0.943. The van der Waals surface area contributed by atoms with E-state index in [1.54, 1.807) is 0 Å². The monoisotopic (exact) mass is 160 g/mol. The summed E-state index contributed by atoms with van der Waals surface area (Å²) in [5, 5.41) is 8.50. The maximum Gasteiger partial charge on any atom is 0.0540 e. The van der Waals surface area contributed by atoms with E-state index < -0.39 is 0 Å². The van der Waals surface area contributed by atoms with Crippen LogP contribution in [0, 0.1) is 18.8 Å². The minimum absolute atomic E-state index is 0.138. The number of aliphatic hydroxyl groups excluding tert-OH is 1. The highest BCUT2D eigenvalue weighted by atomic mass is 16.2. The van der Waals surface area contributed by atoms with Gasteiger partial charge < -0.3 is 5.11 Å². The molecule has 1 rings (SSSR count). The first-order valence-electron chi connectivity index (χ1n) is 3.99. The third-order valence-electron chi connectivity index (χ3n) is 1.49. The van der Waals surface area contributed by atoms with Gasteiger partial charge in [-0.15, -0.1) is 0 Å². The number of hydrogen-bond donors (Lipinski definition) is 1. The van der Waals surface area contributed by atoms with Crippen LogP contribution in [0.25, 0.3) is 0 Å². The van der Waals surface area contributed by atoms with Crippen molar-refractivity contribution in [2.75, 3.05) is 6.61 Å². The lowest BCUT2D eigenvalue weighted by atomic mass is 10.1. The lowest BCUT2D eigenvalue weighted by molar-refractivity contribution is 0.305. The third-order valence-corrected chi connectivity index (χ3v) is 1.49. The van der Waals surface area contributed by atoms with Crippen LogP contribution in [0.2, 0.25) is 0 Å². The molecule has 12 heavy (non-hydrogen) atoms. The summed E-state index contributed by atoms with van der Waals surface area (Å²) >= 11 is 0. The summed E-state index contributed by atoms with van der Waals surface area (Å²) in [5.41, 5.74) is 2.23. The lowest BCUT2D eigenvalue weighted by Gasteiger charge is -1.91. The van der Waals surface area contributed by atoms with Crippen LogP contribution < -0.4 is 0 Å². The first-order chi connectivity index (χ1) is 5.83. The van der Waals surface area contributed by atoms with Crippen LogP contribution in [0.5, 0.6) is 0 Å². The smallest absolute Gasteiger partial charge is 0.0540 e. The Balaban J connectivity index is 2.71. The van der Waals surface area contributed by atoms with Gasteiger partial charge in [0.2, 0.25) is 0 Å².